The highest BCUT2D eigenvalue weighted by Gasteiger charge is 2.20. The molecule has 0 unspecified atom stereocenters. The first-order valence-electron chi connectivity index (χ1n) is 10.7. The number of carbonyl (C=O) groups is 1. The fraction of sp³-hybridized carbons (Fsp3) is 0.348. The number of piperazine rings is 1. The molecule has 32 heavy (non-hydrogen) atoms. The maximum atomic E-state index is 12.6. The van der Waals surface area contributed by atoms with Crippen LogP contribution in [0.15, 0.2) is 48.5 Å². The lowest BCUT2D eigenvalue weighted by atomic mass is 10.2. The number of rotatable bonds is 7. The molecule has 2 heterocycles. The van der Waals surface area contributed by atoms with Crippen LogP contribution >= 0.6 is 23.2 Å². The average molecular weight is 473 g/mol. The molecule has 1 N–H and O–H groups in total. The minimum absolute atomic E-state index is 0.189. The van der Waals surface area contributed by atoms with Gasteiger partial charge in [-0.05, 0) is 24.6 Å². The van der Waals surface area contributed by atoms with Gasteiger partial charge in [-0.3, -0.25) is 9.69 Å². The second-order valence-corrected chi connectivity index (χ2v) is 8.61. The Hall–Kier alpha value is -2.61. The monoisotopic (exact) mass is 472 g/mol. The van der Waals surface area contributed by atoms with Crippen molar-refractivity contribution in [1.82, 2.24) is 25.2 Å². The van der Waals surface area contributed by atoms with Gasteiger partial charge in [-0.1, -0.05) is 64.8 Å². The van der Waals surface area contributed by atoms with Crippen molar-refractivity contribution in [2.75, 3.05) is 44.2 Å². The van der Waals surface area contributed by atoms with Crippen molar-refractivity contribution < 1.29 is 4.79 Å². The highest BCUT2D eigenvalue weighted by molar-refractivity contribution is 6.43. The number of nitrogens with zero attached hydrogens (tertiary/aromatic N) is 5. The molecule has 0 aliphatic carbocycles. The fourth-order valence-electron chi connectivity index (χ4n) is 3.84. The number of benzene rings is 2. The maximum absolute atomic E-state index is 12.6. The molecule has 2 aromatic carbocycles. The Morgan fingerprint density at radius 2 is 1.78 bits per heavy atom. The lowest BCUT2D eigenvalue weighted by Gasteiger charge is -2.36. The second-order valence-electron chi connectivity index (χ2n) is 7.82. The van der Waals surface area contributed by atoms with Gasteiger partial charge in [0.05, 0.1) is 28.0 Å². The van der Waals surface area contributed by atoms with E-state index in [1.165, 1.54) is 0 Å². The second kappa shape index (κ2) is 10.3. The highest BCUT2D eigenvalue weighted by Crippen LogP contribution is 2.32. The third-order valence-corrected chi connectivity index (χ3v) is 6.54. The van der Waals surface area contributed by atoms with Gasteiger partial charge in [-0.25, -0.2) is 4.68 Å². The van der Waals surface area contributed by atoms with E-state index in [1.54, 1.807) is 10.7 Å². The molecule has 168 valence electrons. The summed E-state index contributed by atoms with van der Waals surface area (Å²) in [7, 11) is 0. The molecule has 1 amide bonds. The summed E-state index contributed by atoms with van der Waals surface area (Å²) in [5.74, 6) is -0.189. The van der Waals surface area contributed by atoms with Crippen LogP contribution in [0.25, 0.3) is 0 Å². The van der Waals surface area contributed by atoms with Crippen molar-refractivity contribution in [3.05, 3.63) is 75.5 Å². The first kappa shape index (κ1) is 22.6. The molecule has 7 nitrogen and oxygen atoms in total. The van der Waals surface area contributed by atoms with Crippen LogP contribution in [0.3, 0.4) is 0 Å². The van der Waals surface area contributed by atoms with Crippen LogP contribution < -0.4 is 10.2 Å². The number of nitrogens with one attached hydrogen (secondary N) is 1. The Balaban J connectivity index is 1.24. The summed E-state index contributed by atoms with van der Waals surface area (Å²) in [4.78, 5) is 17.2. The molecule has 0 bridgehead atoms. The van der Waals surface area contributed by atoms with E-state index in [-0.39, 0.29) is 5.91 Å². The Kier molecular flexibility index (Phi) is 7.29. The molecule has 1 aliphatic rings. The van der Waals surface area contributed by atoms with Crippen molar-refractivity contribution in [3.8, 4) is 0 Å². The van der Waals surface area contributed by atoms with Crippen molar-refractivity contribution in [2.24, 2.45) is 0 Å². The number of aromatic nitrogens is 3. The van der Waals surface area contributed by atoms with Gasteiger partial charge in [0, 0.05) is 39.3 Å². The molecule has 1 fully saturated rings. The molecule has 4 rings (SSSR count). The molecule has 0 saturated carbocycles. The van der Waals surface area contributed by atoms with Crippen molar-refractivity contribution in [1.29, 1.82) is 0 Å². The number of hydrogen-bond donors (Lipinski definition) is 1. The van der Waals surface area contributed by atoms with Gasteiger partial charge >= 0.3 is 0 Å². The summed E-state index contributed by atoms with van der Waals surface area (Å²) in [6.45, 7) is 7.31. The number of anilines is 1. The molecule has 0 atom stereocenters. The number of hydrogen-bond acceptors (Lipinski definition) is 5. The van der Waals surface area contributed by atoms with Crippen molar-refractivity contribution in [2.45, 2.75) is 13.5 Å². The maximum Gasteiger partial charge on any atom is 0.273 e. The molecular weight excluding hydrogens is 447 g/mol. The lowest BCUT2D eigenvalue weighted by molar-refractivity contribution is 0.0942. The first-order chi connectivity index (χ1) is 15.5. The minimum Gasteiger partial charge on any atom is -0.368 e. The Morgan fingerprint density at radius 3 is 2.53 bits per heavy atom. The zero-order chi connectivity index (χ0) is 22.5. The predicted octanol–water partition coefficient (Wildman–Crippen LogP) is 3.49. The predicted molar refractivity (Wildman–Crippen MR) is 128 cm³/mol. The minimum atomic E-state index is -0.189. The Bertz CT molecular complexity index is 1060. The zero-order valence-electron chi connectivity index (χ0n) is 18.0. The van der Waals surface area contributed by atoms with E-state index in [0.717, 1.165) is 49.7 Å². The van der Waals surface area contributed by atoms with Crippen LogP contribution in [0.4, 0.5) is 5.69 Å². The largest absolute Gasteiger partial charge is 0.368 e. The van der Waals surface area contributed by atoms with Gasteiger partial charge in [0.25, 0.3) is 5.91 Å². The van der Waals surface area contributed by atoms with E-state index in [4.69, 9.17) is 23.2 Å². The smallest absolute Gasteiger partial charge is 0.273 e. The summed E-state index contributed by atoms with van der Waals surface area (Å²) < 4.78 is 1.75. The number of amides is 1. The van der Waals surface area contributed by atoms with E-state index in [0.29, 0.717) is 28.8 Å². The van der Waals surface area contributed by atoms with Gasteiger partial charge in [-0.2, -0.15) is 0 Å². The zero-order valence-corrected chi connectivity index (χ0v) is 19.5. The first-order valence-corrected chi connectivity index (χ1v) is 11.4. The molecule has 1 saturated heterocycles. The van der Waals surface area contributed by atoms with E-state index >= 15 is 0 Å². The Labute approximate surface area is 197 Å². The van der Waals surface area contributed by atoms with Crippen molar-refractivity contribution in [3.63, 3.8) is 0 Å². The Morgan fingerprint density at radius 1 is 1.03 bits per heavy atom. The third kappa shape index (κ3) is 5.23. The number of carbonyl (C=O) groups excluding carboxylic acids is 1. The number of halogens is 2. The van der Waals surface area contributed by atoms with E-state index in [9.17, 15) is 4.79 Å². The molecule has 0 spiro atoms. The van der Waals surface area contributed by atoms with E-state index < -0.39 is 0 Å². The summed E-state index contributed by atoms with van der Waals surface area (Å²) in [5.41, 5.74) is 3.23. The highest BCUT2D eigenvalue weighted by atomic mass is 35.5. The summed E-state index contributed by atoms with van der Waals surface area (Å²) in [6, 6.07) is 15.7. The van der Waals surface area contributed by atoms with E-state index in [1.807, 2.05) is 49.4 Å². The molecular formula is C23H26Cl2N6O. The van der Waals surface area contributed by atoms with Crippen LogP contribution in [-0.2, 0) is 6.54 Å². The lowest BCUT2D eigenvalue weighted by Crippen LogP contribution is -2.48. The van der Waals surface area contributed by atoms with Crippen LogP contribution in [0.5, 0.6) is 0 Å². The van der Waals surface area contributed by atoms with Crippen LogP contribution in [0.2, 0.25) is 10.0 Å². The average Bonchev–Trinajstić information content (AvgIpc) is 3.17. The normalized spacial score (nSPS) is 14.5. The summed E-state index contributed by atoms with van der Waals surface area (Å²) in [5, 5.41) is 12.4. The van der Waals surface area contributed by atoms with Gasteiger partial charge in [0.2, 0.25) is 0 Å². The summed E-state index contributed by atoms with van der Waals surface area (Å²) >= 11 is 12.5. The van der Waals surface area contributed by atoms with Crippen LogP contribution in [0.1, 0.15) is 21.7 Å². The topological polar surface area (TPSA) is 66.3 Å². The van der Waals surface area contributed by atoms with Crippen LogP contribution in [-0.4, -0.2) is 65.1 Å². The quantitative estimate of drug-likeness (QED) is 0.569. The van der Waals surface area contributed by atoms with E-state index in [2.05, 4.69) is 25.4 Å². The van der Waals surface area contributed by atoms with Crippen LogP contribution in [0, 0.1) is 6.92 Å². The summed E-state index contributed by atoms with van der Waals surface area (Å²) in [6.07, 6.45) is 0. The molecule has 9 heteroatoms. The van der Waals surface area contributed by atoms with Gasteiger partial charge < -0.3 is 10.2 Å². The third-order valence-electron chi connectivity index (χ3n) is 5.73. The van der Waals surface area contributed by atoms with Gasteiger partial charge in [0.1, 0.15) is 0 Å². The standard InChI is InChI=1S/C23H26Cl2N6O/c1-17-22(27-28-31(17)16-18-6-3-2-4-7-18)23(32)26-10-11-29-12-14-30(15-13-29)20-9-5-8-19(24)21(20)25/h2-9H,10-16H2,1H3,(H,26,32). The van der Waals surface area contributed by atoms with Gasteiger partial charge in [-0.15, -0.1) is 5.10 Å². The fourth-order valence-corrected chi connectivity index (χ4v) is 4.25. The van der Waals surface area contributed by atoms with Crippen molar-refractivity contribution >= 4 is 34.8 Å². The molecule has 0 radical (unpaired) electrons. The molecule has 3 aromatic rings. The molecule has 1 aromatic heterocycles. The van der Waals surface area contributed by atoms with Gasteiger partial charge in [0.15, 0.2) is 5.69 Å². The SMILES string of the molecule is Cc1c(C(=O)NCCN2CCN(c3cccc(Cl)c3Cl)CC2)nnn1Cc1ccccc1. The molecule has 1 aliphatic heterocycles.